The summed E-state index contributed by atoms with van der Waals surface area (Å²) in [6.45, 7) is 0. The van der Waals surface area contributed by atoms with E-state index in [1.54, 1.807) is 0 Å². The van der Waals surface area contributed by atoms with Crippen LogP contribution >= 0.6 is 0 Å². The third kappa shape index (κ3) is 18.3. The molecule has 0 nitrogen and oxygen atoms in total. The molecular formula is H5AlMgScZnZr. The van der Waals surface area contributed by atoms with Crippen LogP contribution in [0.2, 0.25) is 0 Å². The van der Waals surface area contributed by atoms with Crippen molar-refractivity contribution in [2.45, 2.75) is 0 Å². The molecule has 0 rings (SSSR count). The second-order valence-electron chi connectivity index (χ2n) is 0. The third-order valence-electron chi connectivity index (χ3n) is 0. The van der Waals surface area contributed by atoms with E-state index < -0.39 is 0 Å². The summed E-state index contributed by atoms with van der Waals surface area (Å²) in [5, 5.41) is 0. The monoisotopic (exact) mass is 255 g/mol. The number of hydrogen-bond acceptors (Lipinski definition) is 0. The molecule has 0 saturated heterocycles. The Morgan fingerprint density at radius 1 is 1.20 bits per heavy atom. The first-order chi connectivity index (χ1) is 0. The predicted molar refractivity (Wildman–Crippen MR) is 17.9 cm³/mol. The summed E-state index contributed by atoms with van der Waals surface area (Å²) < 4.78 is 0. The molecule has 0 aliphatic carbocycles. The van der Waals surface area contributed by atoms with Crippen LogP contribution in [0.5, 0.6) is 0 Å². The van der Waals surface area contributed by atoms with Crippen LogP contribution in [0.1, 0.15) is 2.85 Å². The van der Waals surface area contributed by atoms with Crippen LogP contribution < -0.4 is 0 Å². The van der Waals surface area contributed by atoms with Crippen LogP contribution in [-0.2, 0) is 71.5 Å². The summed E-state index contributed by atoms with van der Waals surface area (Å²) >= 11 is 0. The van der Waals surface area contributed by atoms with E-state index in [1.807, 2.05) is 0 Å². The van der Waals surface area contributed by atoms with Gasteiger partial charge < -0.3 is 2.85 Å². The molecule has 5 heteroatoms. The molecule has 0 spiro atoms. The first kappa shape index (κ1) is 37.8. The Morgan fingerprint density at radius 2 is 1.20 bits per heavy atom. The maximum atomic E-state index is 0. The van der Waals surface area contributed by atoms with Gasteiger partial charge in [0, 0.05) is 71.5 Å². The summed E-state index contributed by atoms with van der Waals surface area (Å²) in [5.41, 5.74) is 0. The van der Waals surface area contributed by atoms with Crippen molar-refractivity contribution in [3.05, 3.63) is 0 Å². The van der Waals surface area contributed by atoms with Crippen molar-refractivity contribution in [3.8, 4) is 0 Å². The van der Waals surface area contributed by atoms with Crippen LogP contribution in [0.15, 0.2) is 0 Å². The Bertz CT molecular complexity index is 17.7. The van der Waals surface area contributed by atoms with E-state index in [2.05, 4.69) is 0 Å². The second kappa shape index (κ2) is 25.3. The van der Waals surface area contributed by atoms with Crippen molar-refractivity contribution in [1.82, 2.24) is 0 Å². The second-order valence-corrected chi connectivity index (χ2v) is 0. The minimum absolute atomic E-state index is 0. The molecule has 0 atom stereocenters. The van der Waals surface area contributed by atoms with E-state index in [-0.39, 0.29) is 115 Å². The van der Waals surface area contributed by atoms with Crippen molar-refractivity contribution >= 4 is 40.4 Å². The Labute approximate surface area is 113 Å². The fourth-order valence-corrected chi connectivity index (χ4v) is 0. The van der Waals surface area contributed by atoms with E-state index in [0.29, 0.717) is 0 Å². The Hall–Kier alpha value is 3.68. The van der Waals surface area contributed by atoms with Gasteiger partial charge >= 0.3 is 23.1 Å². The van der Waals surface area contributed by atoms with E-state index in [4.69, 9.17) is 0 Å². The van der Waals surface area contributed by atoms with Gasteiger partial charge in [-0.25, -0.2) is 0 Å². The number of hydrogen-bond donors (Lipinski definition) is 0. The van der Waals surface area contributed by atoms with Gasteiger partial charge in [0.25, 0.3) is 0 Å². The molecule has 1 radical (unpaired) electrons. The molecule has 0 aliphatic rings. The summed E-state index contributed by atoms with van der Waals surface area (Å²) in [5.74, 6) is 0. The summed E-state index contributed by atoms with van der Waals surface area (Å²) in [7, 11) is 0. The zero-order valence-electron chi connectivity index (χ0n) is 4.49. The minimum Gasteiger partial charge on any atom is -1.00 e. The van der Waals surface area contributed by atoms with Crippen molar-refractivity contribution < 1.29 is 74.4 Å². The first-order valence-electron chi connectivity index (χ1n) is 0. The number of rotatable bonds is 0. The van der Waals surface area contributed by atoms with Gasteiger partial charge in [-0.3, -0.25) is 0 Å². The molecule has 0 fully saturated rings. The van der Waals surface area contributed by atoms with Gasteiger partial charge in [0.05, 0.1) is 0 Å². The van der Waals surface area contributed by atoms with Crippen molar-refractivity contribution in [2.24, 2.45) is 0 Å². The molecule has 0 bridgehead atoms. The fourth-order valence-electron chi connectivity index (χ4n) is 0. The largest absolute Gasteiger partial charge is 2.00 e. The van der Waals surface area contributed by atoms with Crippen molar-refractivity contribution in [2.75, 3.05) is 0 Å². The average molecular weight is 258 g/mol. The standard InChI is InChI=1S/Al.Mg.Sc.Zn.Zr.5H/q;+2;;;;;;;2*-1. The quantitative estimate of drug-likeness (QED) is 0.471. The molecular weight excluding hydrogens is 253 g/mol. The molecule has 0 unspecified atom stereocenters. The average Bonchev–Trinajstić information content (AvgIpc) is 0. The summed E-state index contributed by atoms with van der Waals surface area (Å²) in [6, 6.07) is 0. The van der Waals surface area contributed by atoms with Crippen LogP contribution in [0.4, 0.5) is 0 Å². The van der Waals surface area contributed by atoms with Gasteiger partial charge in [-0.1, -0.05) is 0 Å². The zero-order chi connectivity index (χ0) is 0. The summed E-state index contributed by atoms with van der Waals surface area (Å²) in [6.07, 6.45) is 0. The van der Waals surface area contributed by atoms with E-state index in [0.717, 1.165) is 0 Å². The Morgan fingerprint density at radius 3 is 1.20 bits per heavy atom. The fraction of sp³-hybridized carbons (Fsp3) is 0. The molecule has 0 heterocycles. The SMILES string of the molecule is [AlH3].[H-].[H-].[Mg+2].[Sc].[Zn].[Zr]. The third-order valence-corrected chi connectivity index (χ3v) is 0. The molecule has 0 amide bonds. The molecule has 0 aromatic carbocycles. The predicted octanol–water partition coefficient (Wildman–Crippen LogP) is -1.35. The van der Waals surface area contributed by atoms with Crippen LogP contribution in [0, 0.1) is 0 Å². The normalized spacial score (nSPS) is 0. The molecule has 0 aromatic heterocycles. The van der Waals surface area contributed by atoms with Crippen LogP contribution in [0.25, 0.3) is 0 Å². The van der Waals surface area contributed by atoms with Gasteiger partial charge in [-0.2, -0.15) is 0 Å². The van der Waals surface area contributed by atoms with Crippen molar-refractivity contribution in [1.29, 1.82) is 0 Å². The van der Waals surface area contributed by atoms with Gasteiger partial charge in [0.1, 0.15) is 0 Å². The van der Waals surface area contributed by atoms with Crippen LogP contribution in [0.3, 0.4) is 0 Å². The Balaban J connectivity index is 0. The van der Waals surface area contributed by atoms with Gasteiger partial charge in [0.15, 0.2) is 17.4 Å². The van der Waals surface area contributed by atoms with E-state index in [9.17, 15) is 0 Å². The molecule has 5 heavy (non-hydrogen) atoms. The zero-order valence-corrected chi connectivity index (χ0v) is 11.1. The molecule has 0 saturated carbocycles. The van der Waals surface area contributed by atoms with Gasteiger partial charge in [0.2, 0.25) is 0 Å². The molecule has 0 N–H and O–H groups in total. The maximum absolute atomic E-state index is 0. The van der Waals surface area contributed by atoms with E-state index in [1.165, 1.54) is 0 Å². The molecule has 19 valence electrons. The van der Waals surface area contributed by atoms with E-state index >= 15 is 0 Å². The maximum Gasteiger partial charge on any atom is 2.00 e. The molecule has 0 aliphatic heterocycles. The Kier molecular flexibility index (Phi) is 192. The smallest absolute Gasteiger partial charge is 1.00 e. The first-order valence-corrected chi connectivity index (χ1v) is 0. The topological polar surface area (TPSA) is 0 Å². The summed E-state index contributed by atoms with van der Waals surface area (Å²) in [4.78, 5) is 0. The molecule has 0 aromatic rings. The van der Waals surface area contributed by atoms with Gasteiger partial charge in [-0.15, -0.1) is 0 Å². The van der Waals surface area contributed by atoms with Crippen LogP contribution in [-0.4, -0.2) is 40.4 Å². The van der Waals surface area contributed by atoms with Crippen molar-refractivity contribution in [3.63, 3.8) is 0 Å². The minimum atomic E-state index is 0. The van der Waals surface area contributed by atoms with Gasteiger partial charge in [-0.05, 0) is 0 Å².